The van der Waals surface area contributed by atoms with E-state index >= 15 is 0 Å². The number of hydrogen-bond donors (Lipinski definition) is 2. The topological polar surface area (TPSA) is 67.3 Å². The summed E-state index contributed by atoms with van der Waals surface area (Å²) in [4.78, 5) is 0. The number of aliphatic hydroxyl groups is 1. The molecule has 90 valence electrons. The smallest absolute Gasteiger partial charge is 0.245 e. The Morgan fingerprint density at radius 2 is 2.62 bits per heavy atom. The van der Waals surface area contributed by atoms with Crippen LogP contribution >= 0.6 is 11.7 Å². The number of hydrogen-bond acceptors (Lipinski definition) is 6. The first-order valence-electron chi connectivity index (χ1n) is 5.61. The van der Waals surface area contributed by atoms with E-state index in [-0.39, 0.29) is 6.61 Å². The van der Waals surface area contributed by atoms with Gasteiger partial charge in [0.05, 0.1) is 11.7 Å². The van der Waals surface area contributed by atoms with Gasteiger partial charge >= 0.3 is 0 Å². The van der Waals surface area contributed by atoms with E-state index in [9.17, 15) is 5.11 Å². The molecule has 1 heterocycles. The highest BCUT2D eigenvalue weighted by Crippen LogP contribution is 2.32. The normalized spacial score (nSPS) is 25.4. The zero-order valence-electron chi connectivity index (χ0n) is 9.30. The SMILES string of the molecule is CCC1CC1NCC(O)COc1cnsn1. The minimum Gasteiger partial charge on any atom is -0.473 e. The first-order chi connectivity index (χ1) is 7.79. The standard InChI is InChI=1S/C10H17N3O2S/c1-2-7-3-9(7)11-4-8(14)6-15-10-5-12-16-13-10/h5,7-9,11,14H,2-4,6H2,1H3. The fraction of sp³-hybridized carbons (Fsp3) is 0.800. The molecule has 0 radical (unpaired) electrons. The van der Waals surface area contributed by atoms with Crippen molar-refractivity contribution in [1.82, 2.24) is 14.1 Å². The van der Waals surface area contributed by atoms with Crippen molar-refractivity contribution in [3.8, 4) is 5.88 Å². The molecule has 0 saturated heterocycles. The maximum atomic E-state index is 9.65. The van der Waals surface area contributed by atoms with Crippen LogP contribution in [0.5, 0.6) is 5.88 Å². The highest BCUT2D eigenvalue weighted by molar-refractivity contribution is 6.99. The van der Waals surface area contributed by atoms with Crippen molar-refractivity contribution in [3.63, 3.8) is 0 Å². The lowest BCUT2D eigenvalue weighted by Crippen LogP contribution is -2.33. The summed E-state index contributed by atoms with van der Waals surface area (Å²) in [5.74, 6) is 1.29. The summed E-state index contributed by atoms with van der Waals surface area (Å²) in [7, 11) is 0. The molecule has 1 aromatic rings. The van der Waals surface area contributed by atoms with Crippen LogP contribution in [0.3, 0.4) is 0 Å². The lowest BCUT2D eigenvalue weighted by Gasteiger charge is -2.11. The number of nitrogens with one attached hydrogen (secondary N) is 1. The second kappa shape index (κ2) is 5.56. The fourth-order valence-electron chi connectivity index (χ4n) is 1.70. The molecule has 6 heteroatoms. The van der Waals surface area contributed by atoms with Crippen molar-refractivity contribution in [2.75, 3.05) is 13.2 Å². The number of nitrogens with zero attached hydrogens (tertiary/aromatic N) is 2. The molecule has 1 aliphatic carbocycles. The molecule has 16 heavy (non-hydrogen) atoms. The van der Waals surface area contributed by atoms with Crippen LogP contribution in [0.1, 0.15) is 19.8 Å². The summed E-state index contributed by atoms with van der Waals surface area (Å²) in [6.45, 7) is 3.04. The summed E-state index contributed by atoms with van der Waals surface area (Å²) in [5.41, 5.74) is 0. The first kappa shape index (κ1) is 11.8. The van der Waals surface area contributed by atoms with Crippen LogP contribution < -0.4 is 10.1 Å². The zero-order chi connectivity index (χ0) is 11.4. The van der Waals surface area contributed by atoms with E-state index in [1.54, 1.807) is 6.20 Å². The van der Waals surface area contributed by atoms with Crippen LogP contribution in [-0.4, -0.2) is 39.2 Å². The quantitative estimate of drug-likeness (QED) is 0.736. The fourth-order valence-corrected chi connectivity index (χ4v) is 2.06. The molecule has 0 amide bonds. The summed E-state index contributed by atoms with van der Waals surface area (Å²) >= 11 is 1.10. The Morgan fingerprint density at radius 1 is 1.75 bits per heavy atom. The Morgan fingerprint density at radius 3 is 3.25 bits per heavy atom. The zero-order valence-corrected chi connectivity index (χ0v) is 10.1. The molecule has 2 rings (SSSR count). The van der Waals surface area contributed by atoms with Crippen molar-refractivity contribution < 1.29 is 9.84 Å². The third-order valence-corrected chi connectivity index (χ3v) is 3.29. The minimum absolute atomic E-state index is 0.266. The van der Waals surface area contributed by atoms with Crippen LogP contribution in [0.15, 0.2) is 6.20 Å². The van der Waals surface area contributed by atoms with Crippen molar-refractivity contribution in [3.05, 3.63) is 6.20 Å². The molecule has 1 aliphatic rings. The van der Waals surface area contributed by atoms with E-state index in [0.717, 1.165) is 17.6 Å². The summed E-state index contributed by atoms with van der Waals surface area (Å²) in [6, 6.07) is 0.598. The number of ether oxygens (including phenoxy) is 1. The Bertz CT molecular complexity index is 307. The summed E-state index contributed by atoms with van der Waals surface area (Å²) < 4.78 is 13.0. The van der Waals surface area contributed by atoms with Crippen molar-refractivity contribution >= 4 is 11.7 Å². The van der Waals surface area contributed by atoms with Crippen LogP contribution in [0.25, 0.3) is 0 Å². The highest BCUT2D eigenvalue weighted by atomic mass is 32.1. The first-order valence-corrected chi connectivity index (χ1v) is 6.34. The second-order valence-electron chi connectivity index (χ2n) is 4.13. The van der Waals surface area contributed by atoms with Gasteiger partial charge in [-0.15, -0.1) is 4.37 Å². The van der Waals surface area contributed by atoms with Gasteiger partial charge in [-0.1, -0.05) is 13.3 Å². The lowest BCUT2D eigenvalue weighted by atomic mass is 10.3. The molecule has 3 unspecified atom stereocenters. The molecule has 1 saturated carbocycles. The van der Waals surface area contributed by atoms with Gasteiger partial charge in [-0.25, -0.2) is 0 Å². The lowest BCUT2D eigenvalue weighted by molar-refractivity contribution is 0.104. The highest BCUT2D eigenvalue weighted by Gasteiger charge is 2.34. The predicted molar refractivity (Wildman–Crippen MR) is 61.6 cm³/mol. The van der Waals surface area contributed by atoms with E-state index in [2.05, 4.69) is 21.0 Å². The molecule has 0 aliphatic heterocycles. The third kappa shape index (κ3) is 3.40. The van der Waals surface area contributed by atoms with Gasteiger partial charge in [0.25, 0.3) is 0 Å². The van der Waals surface area contributed by atoms with Gasteiger partial charge < -0.3 is 15.2 Å². The Hall–Kier alpha value is -0.720. The van der Waals surface area contributed by atoms with Crippen molar-refractivity contribution in [2.45, 2.75) is 31.9 Å². The van der Waals surface area contributed by atoms with E-state index in [1.807, 2.05) is 0 Å². The van der Waals surface area contributed by atoms with Crippen molar-refractivity contribution in [1.29, 1.82) is 0 Å². The van der Waals surface area contributed by atoms with Gasteiger partial charge in [0.1, 0.15) is 18.9 Å². The van der Waals surface area contributed by atoms with Crippen LogP contribution in [-0.2, 0) is 0 Å². The van der Waals surface area contributed by atoms with Gasteiger partial charge in [-0.05, 0) is 12.3 Å². The molecule has 5 nitrogen and oxygen atoms in total. The third-order valence-electron chi connectivity index (χ3n) is 2.83. The average molecular weight is 243 g/mol. The molecule has 0 bridgehead atoms. The maximum absolute atomic E-state index is 9.65. The Balaban J connectivity index is 1.56. The largest absolute Gasteiger partial charge is 0.473 e. The molecule has 1 aromatic heterocycles. The summed E-state index contributed by atoms with van der Waals surface area (Å²) in [5, 5.41) is 13.0. The second-order valence-corrected chi connectivity index (χ2v) is 4.69. The van der Waals surface area contributed by atoms with Crippen molar-refractivity contribution in [2.24, 2.45) is 5.92 Å². The summed E-state index contributed by atoms with van der Waals surface area (Å²) in [6.07, 6.45) is 3.52. The van der Waals surface area contributed by atoms with Gasteiger partial charge in [-0.3, -0.25) is 0 Å². The molecule has 2 N–H and O–H groups in total. The molecule has 0 spiro atoms. The molecule has 1 fully saturated rings. The monoisotopic (exact) mass is 243 g/mol. The van der Waals surface area contributed by atoms with Crippen LogP contribution in [0, 0.1) is 5.92 Å². The predicted octanol–water partition coefficient (Wildman–Crippen LogP) is 0.666. The van der Waals surface area contributed by atoms with E-state index < -0.39 is 6.10 Å². The van der Waals surface area contributed by atoms with E-state index in [1.165, 1.54) is 12.8 Å². The van der Waals surface area contributed by atoms with Gasteiger partial charge in [-0.2, -0.15) is 4.37 Å². The minimum atomic E-state index is -0.486. The Kier molecular flexibility index (Phi) is 4.09. The van der Waals surface area contributed by atoms with Crippen LogP contribution in [0.2, 0.25) is 0 Å². The number of rotatable bonds is 7. The molecular weight excluding hydrogens is 226 g/mol. The van der Waals surface area contributed by atoms with Gasteiger partial charge in [0.15, 0.2) is 0 Å². The molecule has 0 aromatic carbocycles. The van der Waals surface area contributed by atoms with Gasteiger partial charge in [0.2, 0.25) is 5.88 Å². The Labute approximate surface area is 99.2 Å². The maximum Gasteiger partial charge on any atom is 0.245 e. The molecular formula is C10H17N3O2S. The number of aromatic nitrogens is 2. The van der Waals surface area contributed by atoms with E-state index in [4.69, 9.17) is 4.74 Å². The van der Waals surface area contributed by atoms with Gasteiger partial charge in [0, 0.05) is 12.6 Å². The van der Waals surface area contributed by atoms with E-state index in [0.29, 0.717) is 18.5 Å². The average Bonchev–Trinajstić information content (AvgIpc) is 2.86. The number of aliphatic hydroxyl groups excluding tert-OH is 1. The molecule has 3 atom stereocenters. The van der Waals surface area contributed by atoms with Crippen LogP contribution in [0.4, 0.5) is 0 Å².